The Balaban J connectivity index is 2.32. The van der Waals surface area contributed by atoms with Crippen LogP contribution in [-0.4, -0.2) is 25.1 Å². The fourth-order valence-corrected chi connectivity index (χ4v) is 2.85. The van der Waals surface area contributed by atoms with Gasteiger partial charge in [-0.3, -0.25) is 14.9 Å². The van der Waals surface area contributed by atoms with Crippen molar-refractivity contribution in [3.05, 3.63) is 62.1 Å². The molecule has 138 valence electrons. The van der Waals surface area contributed by atoms with E-state index in [-0.39, 0.29) is 16.9 Å². The molecule has 0 aliphatic carbocycles. The summed E-state index contributed by atoms with van der Waals surface area (Å²) in [6.07, 6.45) is 1.37. The standard InChI is InChI=1S/C18H14BrN3O5/c1-26-16-8-11(7-15(19)17(16)27-2)6-12(10-20)18(23)21-13-4-3-5-14(9-13)22(24)25/h3-9H,1-2H3,(H,21,23)/b12-6-. The molecular formula is C18H14BrN3O5. The van der Waals surface area contributed by atoms with Gasteiger partial charge in [0.25, 0.3) is 11.6 Å². The second kappa shape index (κ2) is 8.82. The summed E-state index contributed by atoms with van der Waals surface area (Å²) in [6.45, 7) is 0. The lowest BCUT2D eigenvalue weighted by Gasteiger charge is -2.10. The molecule has 0 saturated heterocycles. The maximum absolute atomic E-state index is 12.4. The zero-order valence-corrected chi connectivity index (χ0v) is 15.9. The Labute approximate surface area is 163 Å². The predicted octanol–water partition coefficient (Wildman–Crippen LogP) is 3.92. The second-order valence-corrected chi connectivity index (χ2v) is 6.02. The lowest BCUT2D eigenvalue weighted by Crippen LogP contribution is -2.13. The molecule has 0 saturated carbocycles. The summed E-state index contributed by atoms with van der Waals surface area (Å²) in [4.78, 5) is 22.6. The van der Waals surface area contributed by atoms with Crippen LogP contribution in [0, 0.1) is 21.4 Å². The van der Waals surface area contributed by atoms with E-state index < -0.39 is 10.8 Å². The van der Waals surface area contributed by atoms with E-state index in [9.17, 15) is 20.2 Å². The van der Waals surface area contributed by atoms with Crippen molar-refractivity contribution < 1.29 is 19.2 Å². The van der Waals surface area contributed by atoms with Crippen LogP contribution in [0.4, 0.5) is 11.4 Å². The molecule has 0 bridgehead atoms. The molecule has 0 atom stereocenters. The van der Waals surface area contributed by atoms with Crippen LogP contribution < -0.4 is 14.8 Å². The predicted molar refractivity (Wildman–Crippen MR) is 103 cm³/mol. The summed E-state index contributed by atoms with van der Waals surface area (Å²) in [6, 6.07) is 10.5. The number of carbonyl (C=O) groups excluding carboxylic acids is 1. The quantitative estimate of drug-likeness (QED) is 0.320. The van der Waals surface area contributed by atoms with Crippen molar-refractivity contribution in [2.24, 2.45) is 0 Å². The fourth-order valence-electron chi connectivity index (χ4n) is 2.23. The molecule has 1 N–H and O–H groups in total. The van der Waals surface area contributed by atoms with Gasteiger partial charge >= 0.3 is 0 Å². The van der Waals surface area contributed by atoms with Crippen molar-refractivity contribution in [3.63, 3.8) is 0 Å². The largest absolute Gasteiger partial charge is 0.493 e. The van der Waals surface area contributed by atoms with Gasteiger partial charge in [-0.1, -0.05) is 6.07 Å². The first-order valence-electron chi connectivity index (χ1n) is 7.48. The highest BCUT2D eigenvalue weighted by Crippen LogP contribution is 2.36. The van der Waals surface area contributed by atoms with Gasteiger partial charge in [-0.15, -0.1) is 0 Å². The number of benzene rings is 2. The van der Waals surface area contributed by atoms with Crippen molar-refractivity contribution in [1.29, 1.82) is 5.26 Å². The number of ether oxygens (including phenoxy) is 2. The van der Waals surface area contributed by atoms with Crippen LogP contribution in [0.1, 0.15) is 5.56 Å². The van der Waals surface area contributed by atoms with Gasteiger partial charge in [-0.05, 0) is 45.8 Å². The smallest absolute Gasteiger partial charge is 0.271 e. The van der Waals surface area contributed by atoms with E-state index in [1.54, 1.807) is 12.1 Å². The van der Waals surface area contributed by atoms with E-state index in [0.717, 1.165) is 0 Å². The molecule has 2 aromatic carbocycles. The van der Waals surface area contributed by atoms with Crippen LogP contribution in [0.2, 0.25) is 0 Å². The summed E-state index contributed by atoms with van der Waals surface area (Å²) in [5.74, 6) is 0.215. The molecule has 2 aromatic rings. The minimum Gasteiger partial charge on any atom is -0.493 e. The van der Waals surface area contributed by atoms with Gasteiger partial charge in [0.05, 0.1) is 23.6 Å². The molecule has 0 unspecified atom stereocenters. The molecule has 8 nitrogen and oxygen atoms in total. The number of nitro groups is 1. The normalized spacial score (nSPS) is 10.7. The number of non-ortho nitro benzene ring substituents is 1. The zero-order valence-electron chi connectivity index (χ0n) is 14.4. The van der Waals surface area contributed by atoms with Gasteiger partial charge in [-0.25, -0.2) is 0 Å². The van der Waals surface area contributed by atoms with Crippen molar-refractivity contribution in [2.45, 2.75) is 0 Å². The van der Waals surface area contributed by atoms with Crippen LogP contribution in [0.15, 0.2) is 46.4 Å². The number of amides is 1. The molecule has 2 rings (SSSR count). The molecule has 0 aromatic heterocycles. The molecule has 27 heavy (non-hydrogen) atoms. The Kier molecular flexibility index (Phi) is 6.51. The Morgan fingerprint density at radius 1 is 1.30 bits per heavy atom. The monoisotopic (exact) mass is 431 g/mol. The number of hydrogen-bond acceptors (Lipinski definition) is 6. The van der Waals surface area contributed by atoms with Crippen LogP contribution in [0.25, 0.3) is 6.08 Å². The number of hydrogen-bond donors (Lipinski definition) is 1. The van der Waals surface area contributed by atoms with Crippen LogP contribution in [0.5, 0.6) is 11.5 Å². The van der Waals surface area contributed by atoms with E-state index in [4.69, 9.17) is 9.47 Å². The average Bonchev–Trinajstić information content (AvgIpc) is 2.65. The lowest BCUT2D eigenvalue weighted by atomic mass is 10.1. The molecule has 9 heteroatoms. The number of nitrogens with one attached hydrogen (secondary N) is 1. The van der Waals surface area contributed by atoms with Crippen molar-refractivity contribution in [1.82, 2.24) is 0 Å². The summed E-state index contributed by atoms with van der Waals surface area (Å²) in [7, 11) is 2.96. The number of carbonyl (C=O) groups is 1. The first-order chi connectivity index (χ1) is 12.9. The Bertz CT molecular complexity index is 966. The summed E-state index contributed by atoms with van der Waals surface area (Å²) in [5, 5.41) is 22.6. The second-order valence-electron chi connectivity index (χ2n) is 5.17. The molecule has 0 fully saturated rings. The van der Waals surface area contributed by atoms with Gasteiger partial charge in [-0.2, -0.15) is 5.26 Å². The van der Waals surface area contributed by atoms with Gasteiger partial charge < -0.3 is 14.8 Å². The molecule has 0 heterocycles. The third-order valence-corrected chi connectivity index (χ3v) is 4.04. The van der Waals surface area contributed by atoms with Crippen molar-refractivity contribution in [2.75, 3.05) is 19.5 Å². The minimum atomic E-state index is -0.691. The van der Waals surface area contributed by atoms with Crippen LogP contribution >= 0.6 is 15.9 Å². The van der Waals surface area contributed by atoms with Gasteiger partial charge in [0, 0.05) is 17.8 Å². The Hall–Kier alpha value is -3.38. The van der Waals surface area contributed by atoms with E-state index in [0.29, 0.717) is 21.5 Å². The number of nitriles is 1. The zero-order chi connectivity index (χ0) is 20.0. The van der Waals surface area contributed by atoms with Crippen LogP contribution in [-0.2, 0) is 4.79 Å². The Morgan fingerprint density at radius 2 is 2.04 bits per heavy atom. The van der Waals surface area contributed by atoms with Gasteiger partial charge in [0.15, 0.2) is 11.5 Å². The fraction of sp³-hybridized carbons (Fsp3) is 0.111. The third-order valence-electron chi connectivity index (χ3n) is 3.45. The highest BCUT2D eigenvalue weighted by atomic mass is 79.9. The molecular weight excluding hydrogens is 418 g/mol. The van der Waals surface area contributed by atoms with E-state index in [1.165, 1.54) is 44.6 Å². The third kappa shape index (κ3) is 4.83. The van der Waals surface area contributed by atoms with Gasteiger partial charge in [0.1, 0.15) is 11.6 Å². The van der Waals surface area contributed by atoms with Crippen molar-refractivity contribution >= 4 is 39.3 Å². The van der Waals surface area contributed by atoms with E-state index >= 15 is 0 Å². The number of anilines is 1. The molecule has 1 amide bonds. The number of halogens is 1. The molecule has 0 radical (unpaired) electrons. The minimum absolute atomic E-state index is 0.167. The van der Waals surface area contributed by atoms with Crippen LogP contribution in [0.3, 0.4) is 0 Å². The highest BCUT2D eigenvalue weighted by molar-refractivity contribution is 9.10. The summed E-state index contributed by atoms with van der Waals surface area (Å²) < 4.78 is 11.0. The number of nitro benzene ring substituents is 1. The number of rotatable bonds is 6. The molecule has 0 aliphatic rings. The van der Waals surface area contributed by atoms with Crippen molar-refractivity contribution in [3.8, 4) is 17.6 Å². The average molecular weight is 432 g/mol. The number of methoxy groups -OCH3 is 2. The Morgan fingerprint density at radius 3 is 2.63 bits per heavy atom. The maximum Gasteiger partial charge on any atom is 0.271 e. The topological polar surface area (TPSA) is 114 Å². The molecule has 0 spiro atoms. The van der Waals surface area contributed by atoms with Gasteiger partial charge in [0.2, 0.25) is 0 Å². The maximum atomic E-state index is 12.4. The van der Waals surface area contributed by atoms with E-state index in [1.807, 2.05) is 6.07 Å². The molecule has 0 aliphatic heterocycles. The first kappa shape index (κ1) is 19.9. The summed E-state index contributed by atoms with van der Waals surface area (Å²) in [5.41, 5.74) is 0.397. The summed E-state index contributed by atoms with van der Waals surface area (Å²) >= 11 is 3.34. The lowest BCUT2D eigenvalue weighted by molar-refractivity contribution is -0.384. The highest BCUT2D eigenvalue weighted by Gasteiger charge is 2.14. The van der Waals surface area contributed by atoms with E-state index in [2.05, 4.69) is 21.2 Å². The SMILES string of the molecule is COc1cc(/C=C(/C#N)C(=O)Nc2cccc([N+](=O)[O-])c2)cc(Br)c1OC. The number of nitrogens with zero attached hydrogens (tertiary/aromatic N) is 2. The first-order valence-corrected chi connectivity index (χ1v) is 8.28.